The molecule has 214 valence electrons. The van der Waals surface area contributed by atoms with Crippen LogP contribution in [0.2, 0.25) is 0 Å². The van der Waals surface area contributed by atoms with E-state index in [0.717, 1.165) is 0 Å². The minimum Gasteiger partial charge on any atom is -0.508 e. The molecule has 0 aromatic heterocycles. The Kier molecular flexibility index (Phi) is 12.8. The summed E-state index contributed by atoms with van der Waals surface area (Å²) in [7, 11) is 0. The number of phenolic OH excluding ortho intramolecular Hbond substituents is 1. The fourth-order valence-corrected chi connectivity index (χ4v) is 3.29. The number of primary amides is 2. The number of rotatable bonds is 17. The number of amides is 5. The van der Waals surface area contributed by atoms with Crippen LogP contribution in [0.3, 0.4) is 0 Å². The van der Waals surface area contributed by atoms with Gasteiger partial charge in [-0.2, -0.15) is 0 Å². The number of phenols is 1. The molecule has 0 aliphatic rings. The van der Waals surface area contributed by atoms with E-state index in [4.69, 9.17) is 22.3 Å². The first-order chi connectivity index (χ1) is 18.2. The quantitative estimate of drug-likeness (QED) is 0.0927. The Morgan fingerprint density at radius 3 is 1.56 bits per heavy atom. The lowest BCUT2D eigenvalue weighted by Gasteiger charge is -2.25. The summed E-state index contributed by atoms with van der Waals surface area (Å²) in [6.45, 7) is 0. The van der Waals surface area contributed by atoms with E-state index < -0.39 is 78.5 Å². The van der Waals surface area contributed by atoms with Crippen molar-refractivity contribution in [1.82, 2.24) is 16.0 Å². The van der Waals surface area contributed by atoms with Crippen molar-refractivity contribution in [2.45, 2.75) is 62.7 Å². The lowest BCUT2D eigenvalue weighted by atomic mass is 10.0. The summed E-state index contributed by atoms with van der Waals surface area (Å²) in [4.78, 5) is 83.2. The molecule has 16 heteroatoms. The van der Waals surface area contributed by atoms with Gasteiger partial charge in [0.2, 0.25) is 29.5 Å². The van der Waals surface area contributed by atoms with Gasteiger partial charge in [0, 0.05) is 12.8 Å². The van der Waals surface area contributed by atoms with Crippen LogP contribution in [0.1, 0.15) is 37.7 Å². The van der Waals surface area contributed by atoms with Gasteiger partial charge in [-0.3, -0.25) is 28.8 Å². The molecule has 0 aliphatic heterocycles. The maximum Gasteiger partial charge on any atom is 0.326 e. The fourth-order valence-electron chi connectivity index (χ4n) is 3.29. The highest BCUT2D eigenvalue weighted by Crippen LogP contribution is 2.11. The van der Waals surface area contributed by atoms with Crippen molar-refractivity contribution in [1.29, 1.82) is 0 Å². The Bertz CT molecular complexity index is 1080. The maximum absolute atomic E-state index is 13.0. The van der Waals surface area contributed by atoms with Gasteiger partial charge < -0.3 is 48.5 Å². The Hall–Kier alpha value is -4.73. The maximum atomic E-state index is 13.0. The number of carboxylic acids is 2. The second-order valence-electron chi connectivity index (χ2n) is 8.61. The number of aromatic hydroxyl groups is 1. The Morgan fingerprint density at radius 1 is 0.718 bits per heavy atom. The molecule has 4 atom stereocenters. The van der Waals surface area contributed by atoms with Gasteiger partial charge in [-0.05, 0) is 37.0 Å². The topological polar surface area (TPSA) is 294 Å². The van der Waals surface area contributed by atoms with Crippen LogP contribution in [-0.4, -0.2) is 81.0 Å². The second-order valence-corrected chi connectivity index (χ2v) is 8.61. The van der Waals surface area contributed by atoms with E-state index in [1.54, 1.807) is 0 Å². The van der Waals surface area contributed by atoms with Crippen LogP contribution >= 0.6 is 0 Å². The van der Waals surface area contributed by atoms with Gasteiger partial charge in [0.1, 0.15) is 23.9 Å². The first-order valence-electron chi connectivity index (χ1n) is 11.6. The molecule has 1 aromatic carbocycles. The molecular weight excluding hydrogens is 520 g/mol. The molecule has 16 nitrogen and oxygen atoms in total. The number of hydrogen-bond acceptors (Lipinski definition) is 9. The van der Waals surface area contributed by atoms with E-state index in [1.165, 1.54) is 24.3 Å². The van der Waals surface area contributed by atoms with Crippen molar-refractivity contribution in [2.24, 2.45) is 17.2 Å². The number of benzene rings is 1. The Balaban J connectivity index is 3.04. The SMILES string of the molecule is NC(=O)CC[C@H](NC(=O)[C@H](CCC(N)=O)NC(=O)[C@@H](N)Cc1ccc(O)cc1)C(=O)N[C@@H](CC(=O)O)C(=O)O. The molecule has 1 aromatic rings. The number of carbonyl (C=O) groups excluding carboxylic acids is 5. The first-order valence-corrected chi connectivity index (χ1v) is 11.6. The largest absolute Gasteiger partial charge is 0.508 e. The zero-order chi connectivity index (χ0) is 29.7. The highest BCUT2D eigenvalue weighted by molar-refractivity contribution is 5.95. The lowest BCUT2D eigenvalue weighted by Crippen LogP contribution is -2.57. The lowest BCUT2D eigenvalue weighted by molar-refractivity contribution is -0.147. The van der Waals surface area contributed by atoms with E-state index in [1.807, 2.05) is 5.32 Å². The molecule has 0 spiro atoms. The molecule has 0 fully saturated rings. The second kappa shape index (κ2) is 15.5. The predicted octanol–water partition coefficient (Wildman–Crippen LogP) is -3.19. The molecule has 0 bridgehead atoms. The van der Waals surface area contributed by atoms with Crippen LogP contribution in [0.25, 0.3) is 0 Å². The molecule has 1 rings (SSSR count). The highest BCUT2D eigenvalue weighted by atomic mass is 16.4. The molecular formula is C23H32N6O10. The number of nitrogens with two attached hydrogens (primary N) is 3. The molecule has 0 unspecified atom stereocenters. The predicted molar refractivity (Wildman–Crippen MR) is 132 cm³/mol. The van der Waals surface area contributed by atoms with Crippen molar-refractivity contribution < 1.29 is 48.9 Å². The molecule has 0 heterocycles. The molecule has 0 radical (unpaired) electrons. The zero-order valence-electron chi connectivity index (χ0n) is 20.8. The minimum absolute atomic E-state index is 0.00696. The van der Waals surface area contributed by atoms with E-state index in [2.05, 4.69) is 10.6 Å². The number of carboxylic acid groups (broad SMARTS) is 2. The van der Waals surface area contributed by atoms with Crippen LogP contribution in [0.15, 0.2) is 24.3 Å². The van der Waals surface area contributed by atoms with E-state index in [0.29, 0.717) is 5.56 Å². The van der Waals surface area contributed by atoms with Crippen molar-refractivity contribution in [3.63, 3.8) is 0 Å². The smallest absolute Gasteiger partial charge is 0.326 e. The molecule has 39 heavy (non-hydrogen) atoms. The summed E-state index contributed by atoms with van der Waals surface area (Å²) in [6.07, 6.45) is -2.37. The normalized spacial score (nSPS) is 13.7. The van der Waals surface area contributed by atoms with Crippen LogP contribution in [-0.2, 0) is 40.0 Å². The summed E-state index contributed by atoms with van der Waals surface area (Å²) in [5.41, 5.74) is 16.8. The van der Waals surface area contributed by atoms with Gasteiger partial charge in [-0.25, -0.2) is 4.79 Å². The summed E-state index contributed by atoms with van der Waals surface area (Å²) < 4.78 is 0. The van der Waals surface area contributed by atoms with E-state index in [9.17, 15) is 43.8 Å². The van der Waals surface area contributed by atoms with Crippen molar-refractivity contribution in [3.8, 4) is 5.75 Å². The number of carbonyl (C=O) groups is 7. The monoisotopic (exact) mass is 552 g/mol. The van der Waals surface area contributed by atoms with Crippen LogP contribution in [0, 0.1) is 0 Å². The average Bonchev–Trinajstić information content (AvgIpc) is 2.84. The fraction of sp³-hybridized carbons (Fsp3) is 0.435. The molecule has 5 amide bonds. The van der Waals surface area contributed by atoms with Crippen molar-refractivity contribution >= 4 is 41.5 Å². The first kappa shape index (κ1) is 32.3. The number of aliphatic carboxylic acids is 2. The van der Waals surface area contributed by atoms with Crippen LogP contribution < -0.4 is 33.2 Å². The molecule has 12 N–H and O–H groups in total. The van der Waals surface area contributed by atoms with Crippen molar-refractivity contribution in [2.75, 3.05) is 0 Å². The number of hydrogen-bond donors (Lipinski definition) is 9. The molecule has 0 aliphatic carbocycles. The third-order valence-electron chi connectivity index (χ3n) is 5.35. The summed E-state index contributed by atoms with van der Waals surface area (Å²) in [5.74, 6) is -7.71. The van der Waals surface area contributed by atoms with Gasteiger partial charge in [0.15, 0.2) is 0 Å². The zero-order valence-corrected chi connectivity index (χ0v) is 20.8. The number of nitrogens with one attached hydrogen (secondary N) is 3. The summed E-state index contributed by atoms with van der Waals surface area (Å²) in [6, 6.07) is -0.107. The van der Waals surface area contributed by atoms with Gasteiger partial charge in [0.05, 0.1) is 12.5 Å². The van der Waals surface area contributed by atoms with Crippen molar-refractivity contribution in [3.05, 3.63) is 29.8 Å². The molecule has 0 saturated carbocycles. The van der Waals surface area contributed by atoms with Gasteiger partial charge >= 0.3 is 11.9 Å². The minimum atomic E-state index is -1.84. The van der Waals surface area contributed by atoms with Crippen LogP contribution in [0.4, 0.5) is 0 Å². The standard InChI is InChI=1S/C23H32N6O10/c24-13(9-11-1-3-12(30)4-2-11)20(35)27-14(5-7-17(25)31)21(36)28-15(6-8-18(26)32)22(37)29-16(23(38)39)10-19(33)34/h1-4,13-16,30H,5-10,24H2,(H2,25,31)(H2,26,32)(H,27,35)(H,28,36)(H,29,37)(H,33,34)(H,38,39)/t13-,14-,15-,16-/m0/s1. The third-order valence-corrected chi connectivity index (χ3v) is 5.35. The summed E-state index contributed by atoms with van der Waals surface area (Å²) in [5, 5.41) is 34.0. The van der Waals surface area contributed by atoms with Gasteiger partial charge in [0.25, 0.3) is 0 Å². The van der Waals surface area contributed by atoms with E-state index in [-0.39, 0.29) is 31.4 Å². The molecule has 0 saturated heterocycles. The summed E-state index contributed by atoms with van der Waals surface area (Å²) >= 11 is 0. The van der Waals surface area contributed by atoms with E-state index >= 15 is 0 Å². The third kappa shape index (κ3) is 12.4. The van der Waals surface area contributed by atoms with Gasteiger partial charge in [-0.15, -0.1) is 0 Å². The Morgan fingerprint density at radius 2 is 1.15 bits per heavy atom. The highest BCUT2D eigenvalue weighted by Gasteiger charge is 2.31. The average molecular weight is 553 g/mol. The van der Waals surface area contributed by atoms with Crippen LogP contribution in [0.5, 0.6) is 5.75 Å². The van der Waals surface area contributed by atoms with Gasteiger partial charge in [-0.1, -0.05) is 12.1 Å². The Labute approximate surface area is 222 Å².